The Morgan fingerprint density at radius 1 is 1.29 bits per heavy atom. The number of sulfonamides is 1. The summed E-state index contributed by atoms with van der Waals surface area (Å²) in [6.45, 7) is 5.71. The summed E-state index contributed by atoms with van der Waals surface area (Å²) in [6.07, 6.45) is 0. The monoisotopic (exact) mass is 344 g/mol. The normalized spacial score (nSPS) is 12.3. The molecule has 0 spiro atoms. The van der Waals surface area contributed by atoms with Crippen LogP contribution in [-0.2, 0) is 16.6 Å². The fourth-order valence-corrected chi connectivity index (χ4v) is 5.48. The average Bonchev–Trinajstić information content (AvgIpc) is 2.76. The van der Waals surface area contributed by atoms with Gasteiger partial charge in [0, 0.05) is 12.6 Å². The molecule has 0 N–H and O–H groups in total. The maximum absolute atomic E-state index is 12.9. The molecule has 2 aromatic rings. The zero-order valence-electron chi connectivity index (χ0n) is 12.1. The number of halogens is 1. The van der Waals surface area contributed by atoms with Crippen LogP contribution < -0.4 is 0 Å². The zero-order valence-corrected chi connectivity index (χ0v) is 14.5. The second kappa shape index (κ2) is 6.44. The van der Waals surface area contributed by atoms with Crippen molar-refractivity contribution < 1.29 is 8.42 Å². The van der Waals surface area contributed by atoms with Crippen molar-refractivity contribution in [3.05, 3.63) is 46.1 Å². The van der Waals surface area contributed by atoms with Gasteiger partial charge < -0.3 is 0 Å². The molecule has 2 rings (SSSR count). The average molecular weight is 345 g/mol. The van der Waals surface area contributed by atoms with E-state index in [9.17, 15) is 8.42 Å². The highest BCUT2D eigenvalue weighted by molar-refractivity contribution is 7.91. The molecule has 0 radical (unpaired) electrons. The van der Waals surface area contributed by atoms with Gasteiger partial charge in [-0.15, -0.1) is 0 Å². The van der Waals surface area contributed by atoms with Gasteiger partial charge in [-0.25, -0.2) is 13.4 Å². The molecule has 1 aromatic heterocycles. The summed E-state index contributed by atoms with van der Waals surface area (Å²) in [5.74, 6) is 0. The van der Waals surface area contributed by atoms with Crippen molar-refractivity contribution in [1.29, 1.82) is 0 Å². The highest BCUT2D eigenvalue weighted by Crippen LogP contribution is 2.31. The summed E-state index contributed by atoms with van der Waals surface area (Å²) in [4.78, 5) is 4.00. The third-order valence-corrected chi connectivity index (χ3v) is 6.90. The van der Waals surface area contributed by atoms with Gasteiger partial charge in [0.2, 0.25) is 0 Å². The molecule has 7 heteroatoms. The van der Waals surface area contributed by atoms with Gasteiger partial charge in [-0.1, -0.05) is 53.3 Å². The zero-order chi connectivity index (χ0) is 15.6. The van der Waals surface area contributed by atoms with Gasteiger partial charge in [-0.05, 0) is 26.3 Å². The Morgan fingerprint density at radius 2 is 1.90 bits per heavy atom. The number of rotatable bonds is 5. The molecular weight excluding hydrogens is 328 g/mol. The van der Waals surface area contributed by atoms with Crippen molar-refractivity contribution in [2.75, 3.05) is 0 Å². The van der Waals surface area contributed by atoms with Gasteiger partial charge in [0.1, 0.15) is 0 Å². The molecule has 0 atom stereocenters. The minimum Gasteiger partial charge on any atom is -0.229 e. The SMILES string of the molecule is Cc1nc(Cl)sc1S(=O)(=O)N(Cc1ccccc1)C(C)C. The summed E-state index contributed by atoms with van der Waals surface area (Å²) in [5, 5.41) is 0. The molecule has 1 aromatic carbocycles. The van der Waals surface area contributed by atoms with Crippen molar-refractivity contribution in [2.45, 2.75) is 37.6 Å². The van der Waals surface area contributed by atoms with E-state index in [4.69, 9.17) is 11.6 Å². The first-order valence-corrected chi connectivity index (χ1v) is 9.14. The van der Waals surface area contributed by atoms with E-state index in [1.165, 1.54) is 4.31 Å². The van der Waals surface area contributed by atoms with E-state index in [-0.39, 0.29) is 14.7 Å². The largest absolute Gasteiger partial charge is 0.255 e. The van der Waals surface area contributed by atoms with E-state index in [1.54, 1.807) is 6.92 Å². The van der Waals surface area contributed by atoms with Crippen LogP contribution in [0.15, 0.2) is 34.5 Å². The third kappa shape index (κ3) is 3.63. The summed E-state index contributed by atoms with van der Waals surface area (Å²) >= 11 is 6.84. The highest BCUT2D eigenvalue weighted by Gasteiger charge is 2.31. The van der Waals surface area contributed by atoms with E-state index >= 15 is 0 Å². The number of nitrogens with zero attached hydrogens (tertiary/aromatic N) is 2. The van der Waals surface area contributed by atoms with E-state index in [0.29, 0.717) is 12.2 Å². The van der Waals surface area contributed by atoms with Crippen LogP contribution >= 0.6 is 22.9 Å². The molecule has 0 aliphatic carbocycles. The van der Waals surface area contributed by atoms with Crippen LogP contribution in [0.1, 0.15) is 25.1 Å². The van der Waals surface area contributed by atoms with Crippen molar-refractivity contribution in [2.24, 2.45) is 0 Å². The summed E-state index contributed by atoms with van der Waals surface area (Å²) in [5.41, 5.74) is 1.40. The smallest absolute Gasteiger partial charge is 0.229 e. The van der Waals surface area contributed by atoms with Crippen LogP contribution in [0.5, 0.6) is 0 Å². The van der Waals surface area contributed by atoms with E-state index in [0.717, 1.165) is 16.9 Å². The minimum absolute atomic E-state index is 0.157. The molecule has 21 heavy (non-hydrogen) atoms. The summed E-state index contributed by atoms with van der Waals surface area (Å²) in [7, 11) is -3.60. The third-order valence-electron chi connectivity index (χ3n) is 3.03. The molecule has 0 fully saturated rings. The Balaban J connectivity index is 2.40. The van der Waals surface area contributed by atoms with Crippen LogP contribution in [0.3, 0.4) is 0 Å². The summed E-state index contributed by atoms with van der Waals surface area (Å²) < 4.78 is 27.6. The standard InChI is InChI=1S/C14H17ClN2O2S2/c1-10(2)17(9-12-7-5-4-6-8-12)21(18,19)13-11(3)16-14(15)20-13/h4-8,10H,9H2,1-3H3. The lowest BCUT2D eigenvalue weighted by Crippen LogP contribution is -2.36. The number of aryl methyl sites for hydroxylation is 1. The number of hydrogen-bond donors (Lipinski definition) is 0. The fraction of sp³-hybridized carbons (Fsp3) is 0.357. The molecule has 0 aliphatic heterocycles. The molecule has 0 amide bonds. The second-order valence-corrected chi connectivity index (χ2v) is 8.64. The molecule has 0 unspecified atom stereocenters. The van der Waals surface area contributed by atoms with E-state index < -0.39 is 10.0 Å². The lowest BCUT2D eigenvalue weighted by atomic mass is 10.2. The first-order valence-electron chi connectivity index (χ1n) is 6.51. The Labute approximate surface area is 134 Å². The lowest BCUT2D eigenvalue weighted by molar-refractivity contribution is 0.348. The molecular formula is C14H17ClN2O2S2. The Morgan fingerprint density at radius 3 is 2.38 bits per heavy atom. The van der Waals surface area contributed by atoms with Crippen molar-refractivity contribution in [1.82, 2.24) is 9.29 Å². The van der Waals surface area contributed by atoms with Crippen LogP contribution in [0, 0.1) is 6.92 Å². The van der Waals surface area contributed by atoms with Crippen LogP contribution in [0.25, 0.3) is 0 Å². The van der Waals surface area contributed by atoms with Crippen molar-refractivity contribution in [3.63, 3.8) is 0 Å². The first-order chi connectivity index (χ1) is 9.82. The van der Waals surface area contributed by atoms with Crippen LogP contribution in [0.4, 0.5) is 0 Å². The molecule has 0 aliphatic rings. The number of hydrogen-bond acceptors (Lipinski definition) is 4. The first kappa shape index (κ1) is 16.4. The lowest BCUT2D eigenvalue weighted by Gasteiger charge is -2.25. The van der Waals surface area contributed by atoms with Crippen LogP contribution in [0.2, 0.25) is 4.47 Å². The number of aromatic nitrogens is 1. The van der Waals surface area contributed by atoms with Gasteiger partial charge in [-0.2, -0.15) is 4.31 Å². The Bertz CT molecular complexity index is 712. The molecule has 4 nitrogen and oxygen atoms in total. The van der Waals surface area contributed by atoms with Gasteiger partial charge in [0.05, 0.1) is 5.69 Å². The fourth-order valence-electron chi connectivity index (χ4n) is 2.00. The highest BCUT2D eigenvalue weighted by atomic mass is 35.5. The Hall–Kier alpha value is -0.950. The van der Waals surface area contributed by atoms with Gasteiger partial charge in [0.15, 0.2) is 8.68 Å². The van der Waals surface area contributed by atoms with Crippen molar-refractivity contribution >= 4 is 33.0 Å². The van der Waals surface area contributed by atoms with Crippen molar-refractivity contribution in [3.8, 4) is 0 Å². The predicted molar refractivity (Wildman–Crippen MR) is 86.2 cm³/mol. The minimum atomic E-state index is -3.60. The van der Waals surface area contributed by atoms with Gasteiger partial charge in [-0.3, -0.25) is 0 Å². The van der Waals surface area contributed by atoms with Gasteiger partial charge in [0.25, 0.3) is 10.0 Å². The topological polar surface area (TPSA) is 50.3 Å². The van der Waals surface area contributed by atoms with E-state index in [2.05, 4.69) is 4.98 Å². The van der Waals surface area contributed by atoms with Crippen LogP contribution in [-0.4, -0.2) is 23.7 Å². The number of benzene rings is 1. The quantitative estimate of drug-likeness (QED) is 0.830. The maximum atomic E-state index is 12.9. The Kier molecular flexibility index (Phi) is 5.03. The van der Waals surface area contributed by atoms with Gasteiger partial charge >= 0.3 is 0 Å². The number of thiazole rings is 1. The molecule has 0 saturated carbocycles. The second-order valence-electron chi connectivity index (χ2n) is 4.97. The van der Waals surface area contributed by atoms with E-state index in [1.807, 2.05) is 44.2 Å². The summed E-state index contributed by atoms with van der Waals surface area (Å²) in [6, 6.07) is 9.37. The molecule has 0 saturated heterocycles. The molecule has 1 heterocycles. The molecule has 114 valence electrons. The molecule has 0 bridgehead atoms. The maximum Gasteiger partial charge on any atom is 0.255 e. The predicted octanol–water partition coefficient (Wildman–Crippen LogP) is 3.70.